The molecule has 0 heterocycles. The van der Waals surface area contributed by atoms with Crippen molar-refractivity contribution in [3.8, 4) is 16.9 Å². The van der Waals surface area contributed by atoms with E-state index in [1.54, 1.807) is 0 Å². The molecular formula is C12H10FNO6S2. The van der Waals surface area contributed by atoms with Crippen LogP contribution in [0, 0.1) is 5.82 Å². The van der Waals surface area contributed by atoms with Crippen molar-refractivity contribution in [1.82, 2.24) is 0 Å². The van der Waals surface area contributed by atoms with E-state index in [9.17, 15) is 30.9 Å². The van der Waals surface area contributed by atoms with E-state index < -0.39 is 47.1 Å². The summed E-state index contributed by atoms with van der Waals surface area (Å²) in [7, 11) is -9.12. The van der Waals surface area contributed by atoms with Gasteiger partial charge in [-0.15, -0.1) is 0 Å². The Morgan fingerprint density at radius 1 is 1.00 bits per heavy atom. The molecule has 7 nitrogen and oxygen atoms in total. The van der Waals surface area contributed by atoms with Crippen LogP contribution in [0.5, 0.6) is 5.75 Å². The Morgan fingerprint density at radius 3 is 2.09 bits per heavy atom. The molecule has 0 saturated carbocycles. The largest absolute Gasteiger partial charge is 0.505 e. The maximum absolute atomic E-state index is 13.1. The van der Waals surface area contributed by atoms with Crippen LogP contribution in [0.1, 0.15) is 0 Å². The lowest BCUT2D eigenvalue weighted by molar-refractivity contribution is 0.432. The summed E-state index contributed by atoms with van der Waals surface area (Å²) < 4.78 is 68.5. The third-order valence-corrected chi connectivity index (χ3v) is 4.66. The zero-order valence-electron chi connectivity index (χ0n) is 10.8. The fourth-order valence-corrected chi connectivity index (χ4v) is 3.50. The second-order valence-electron chi connectivity index (χ2n) is 4.32. The van der Waals surface area contributed by atoms with Gasteiger partial charge < -0.3 is 5.11 Å². The van der Waals surface area contributed by atoms with Crippen LogP contribution >= 0.6 is 0 Å². The van der Waals surface area contributed by atoms with Crippen LogP contribution in [-0.4, -0.2) is 26.5 Å². The molecule has 0 unspecified atom stereocenters. The Balaban J connectivity index is 2.96. The Morgan fingerprint density at radius 2 is 1.59 bits per heavy atom. The number of sulfonamides is 1. The van der Waals surface area contributed by atoms with Gasteiger partial charge in [0, 0.05) is 5.56 Å². The third-order valence-electron chi connectivity index (χ3n) is 2.81. The fraction of sp³-hybridized carbons (Fsp3) is 0. The van der Waals surface area contributed by atoms with E-state index in [-0.39, 0.29) is 5.56 Å². The number of phenols is 1. The van der Waals surface area contributed by atoms with Crippen LogP contribution in [0.4, 0.5) is 4.39 Å². The highest BCUT2D eigenvalue weighted by molar-refractivity contribution is 7.89. The smallest absolute Gasteiger partial charge is 0.295 e. The number of rotatable bonds is 3. The quantitative estimate of drug-likeness (QED) is 0.711. The second-order valence-corrected chi connectivity index (χ2v) is 7.24. The summed E-state index contributed by atoms with van der Waals surface area (Å²) in [5.74, 6) is -1.80. The summed E-state index contributed by atoms with van der Waals surface area (Å²) in [6, 6.07) is 5.76. The van der Waals surface area contributed by atoms with Gasteiger partial charge in [0.1, 0.15) is 4.90 Å². The van der Waals surface area contributed by atoms with Crippen LogP contribution in [0.2, 0.25) is 0 Å². The minimum atomic E-state index is -4.78. The molecule has 0 spiro atoms. The van der Waals surface area contributed by atoms with E-state index in [0.717, 1.165) is 36.4 Å². The average Bonchev–Trinajstić information content (AvgIpc) is 2.39. The molecule has 2 aromatic carbocycles. The highest BCUT2D eigenvalue weighted by Crippen LogP contribution is 2.35. The minimum absolute atomic E-state index is 0.142. The molecule has 0 atom stereocenters. The van der Waals surface area contributed by atoms with Crippen LogP contribution in [0.3, 0.4) is 0 Å². The van der Waals surface area contributed by atoms with Gasteiger partial charge in [-0.2, -0.15) is 8.42 Å². The van der Waals surface area contributed by atoms with Crippen LogP contribution in [0.25, 0.3) is 11.1 Å². The monoisotopic (exact) mass is 347 g/mol. The highest BCUT2D eigenvalue weighted by Gasteiger charge is 2.25. The first-order chi connectivity index (χ1) is 10.0. The van der Waals surface area contributed by atoms with Crippen molar-refractivity contribution in [1.29, 1.82) is 0 Å². The number of primary sulfonamides is 1. The molecule has 0 bridgehead atoms. The molecule has 2 rings (SSSR count). The number of aromatic hydroxyl groups is 1. The Labute approximate surface area is 125 Å². The summed E-state index contributed by atoms with van der Waals surface area (Å²) in [6.45, 7) is 0. The summed E-state index contributed by atoms with van der Waals surface area (Å²) in [5, 5.41) is 14.4. The Kier molecular flexibility index (Phi) is 3.96. The van der Waals surface area contributed by atoms with Gasteiger partial charge >= 0.3 is 0 Å². The molecule has 0 radical (unpaired) electrons. The SMILES string of the molecule is NS(=O)(=O)c1cccc(S(=O)(=O)O)c1-c1ccc(F)c(O)c1. The first-order valence-electron chi connectivity index (χ1n) is 5.64. The van der Waals surface area contributed by atoms with E-state index >= 15 is 0 Å². The summed E-state index contributed by atoms with van der Waals surface area (Å²) in [4.78, 5) is -1.32. The van der Waals surface area contributed by atoms with E-state index in [1.807, 2.05) is 0 Å². The second kappa shape index (κ2) is 5.32. The molecule has 0 fully saturated rings. The topological polar surface area (TPSA) is 135 Å². The minimum Gasteiger partial charge on any atom is -0.505 e. The first-order valence-corrected chi connectivity index (χ1v) is 8.62. The van der Waals surface area contributed by atoms with Crippen molar-refractivity contribution in [2.45, 2.75) is 9.79 Å². The van der Waals surface area contributed by atoms with Crippen LogP contribution in [-0.2, 0) is 20.1 Å². The Bertz CT molecular complexity index is 903. The predicted octanol–water partition coefficient (Wildman–Crippen LogP) is 1.09. The van der Waals surface area contributed by atoms with Crippen LogP contribution in [0.15, 0.2) is 46.2 Å². The van der Waals surface area contributed by atoms with E-state index in [1.165, 1.54) is 0 Å². The normalized spacial score (nSPS) is 12.3. The lowest BCUT2D eigenvalue weighted by Gasteiger charge is -2.12. The lowest BCUT2D eigenvalue weighted by Crippen LogP contribution is -2.15. The maximum atomic E-state index is 13.1. The summed E-state index contributed by atoms with van der Waals surface area (Å²) >= 11 is 0. The molecule has 10 heteroatoms. The van der Waals surface area contributed by atoms with Crippen molar-refractivity contribution in [3.63, 3.8) is 0 Å². The number of hydrogen-bond donors (Lipinski definition) is 3. The van der Waals surface area contributed by atoms with E-state index in [0.29, 0.717) is 0 Å². The maximum Gasteiger partial charge on any atom is 0.295 e. The van der Waals surface area contributed by atoms with Crippen molar-refractivity contribution < 1.29 is 30.9 Å². The van der Waals surface area contributed by atoms with Gasteiger partial charge in [-0.1, -0.05) is 12.1 Å². The van der Waals surface area contributed by atoms with Crippen molar-refractivity contribution >= 4 is 20.1 Å². The number of hydrogen-bond acceptors (Lipinski definition) is 5. The zero-order chi connectivity index (χ0) is 16.7. The van der Waals surface area contributed by atoms with Gasteiger partial charge in [0.15, 0.2) is 11.6 Å². The summed E-state index contributed by atoms with van der Waals surface area (Å²) in [5.41, 5.74) is -0.598. The van der Waals surface area contributed by atoms with Crippen molar-refractivity contribution in [2.24, 2.45) is 5.14 Å². The number of halogens is 1. The number of nitrogens with two attached hydrogens (primary N) is 1. The third kappa shape index (κ3) is 3.09. The van der Waals surface area contributed by atoms with Gasteiger partial charge in [-0.3, -0.25) is 4.55 Å². The first kappa shape index (κ1) is 16.4. The summed E-state index contributed by atoms with van der Waals surface area (Å²) in [6.07, 6.45) is 0. The average molecular weight is 347 g/mol. The van der Waals surface area contributed by atoms with Gasteiger partial charge in [0.25, 0.3) is 10.1 Å². The standard InChI is InChI=1S/C12H10FNO6S2/c13-8-5-4-7(6-9(8)15)12-10(21(14,16)17)2-1-3-11(12)22(18,19)20/h1-6,15H,(H2,14,16,17)(H,18,19,20). The fourth-order valence-electron chi connectivity index (χ4n) is 1.92. The van der Waals surface area contributed by atoms with Gasteiger partial charge in [0.05, 0.1) is 4.90 Å². The molecule has 0 aliphatic rings. The molecular weight excluding hydrogens is 337 g/mol. The molecule has 2 aromatic rings. The molecule has 0 amide bonds. The molecule has 4 N–H and O–H groups in total. The van der Waals surface area contributed by atoms with Crippen molar-refractivity contribution in [2.75, 3.05) is 0 Å². The van der Waals surface area contributed by atoms with Gasteiger partial charge in [-0.25, -0.2) is 17.9 Å². The zero-order valence-corrected chi connectivity index (χ0v) is 12.4. The van der Waals surface area contributed by atoms with Crippen molar-refractivity contribution in [3.05, 3.63) is 42.2 Å². The Hall–Kier alpha value is -2.01. The highest BCUT2D eigenvalue weighted by atomic mass is 32.2. The molecule has 0 aromatic heterocycles. The number of benzene rings is 2. The van der Waals surface area contributed by atoms with E-state index in [2.05, 4.69) is 0 Å². The number of phenolic OH excluding ortho intramolecular Hbond substituents is 1. The van der Waals surface area contributed by atoms with Crippen LogP contribution < -0.4 is 5.14 Å². The molecule has 0 aliphatic carbocycles. The van der Waals surface area contributed by atoms with E-state index in [4.69, 9.17) is 5.14 Å². The molecule has 22 heavy (non-hydrogen) atoms. The molecule has 118 valence electrons. The van der Waals surface area contributed by atoms with Gasteiger partial charge in [-0.05, 0) is 29.8 Å². The van der Waals surface area contributed by atoms with Gasteiger partial charge in [0.2, 0.25) is 10.0 Å². The molecule has 0 saturated heterocycles. The lowest BCUT2D eigenvalue weighted by atomic mass is 10.1. The molecule has 0 aliphatic heterocycles. The predicted molar refractivity (Wildman–Crippen MR) is 74.7 cm³/mol.